The summed E-state index contributed by atoms with van der Waals surface area (Å²) in [7, 11) is 1.24. The van der Waals surface area contributed by atoms with Crippen LogP contribution in [-0.2, 0) is 23.9 Å². The molecule has 124 valence electrons. The predicted octanol–water partition coefficient (Wildman–Crippen LogP) is 2.51. The number of carboxylic acids is 1. The highest BCUT2D eigenvalue weighted by molar-refractivity contribution is 5.88. The fourth-order valence-electron chi connectivity index (χ4n) is 0.895. The first-order chi connectivity index (χ1) is 10.1. The summed E-state index contributed by atoms with van der Waals surface area (Å²) in [6, 6.07) is 0. The molecule has 0 aliphatic carbocycles. The van der Waals surface area contributed by atoms with E-state index in [9.17, 15) is 14.4 Å². The fourth-order valence-corrected chi connectivity index (χ4v) is 0.895. The monoisotopic (exact) mass is 312 g/mol. The van der Waals surface area contributed by atoms with E-state index in [1.54, 1.807) is 6.92 Å². The summed E-state index contributed by atoms with van der Waals surface area (Å²) < 4.78 is 9.18. The highest BCUT2D eigenvalue weighted by Crippen LogP contribution is 2.00. The SMILES string of the molecule is C=C(C)C(=O)OCC(C)C.C=C(CC=CC(=O)O)C(=O)OC. The number of carbonyl (C=O) groups is 3. The number of carboxylic acid groups (broad SMARTS) is 1. The second kappa shape index (κ2) is 12.4. The lowest BCUT2D eigenvalue weighted by Crippen LogP contribution is -2.09. The Morgan fingerprint density at radius 2 is 1.73 bits per heavy atom. The largest absolute Gasteiger partial charge is 0.478 e. The second-order valence-corrected chi connectivity index (χ2v) is 4.81. The average molecular weight is 312 g/mol. The average Bonchev–Trinajstić information content (AvgIpc) is 2.43. The van der Waals surface area contributed by atoms with E-state index in [0.717, 1.165) is 6.08 Å². The van der Waals surface area contributed by atoms with Gasteiger partial charge in [-0.2, -0.15) is 0 Å². The Kier molecular flexibility index (Phi) is 12.3. The Bertz CT molecular complexity index is 446. The number of aliphatic carboxylic acids is 1. The van der Waals surface area contributed by atoms with E-state index >= 15 is 0 Å². The van der Waals surface area contributed by atoms with E-state index < -0.39 is 11.9 Å². The minimum Gasteiger partial charge on any atom is -0.478 e. The van der Waals surface area contributed by atoms with Crippen molar-refractivity contribution in [3.05, 3.63) is 36.5 Å². The van der Waals surface area contributed by atoms with E-state index in [1.165, 1.54) is 13.2 Å². The standard InChI is InChI=1S/C8H10O4.C8H14O2/c1-6(8(11)12-2)4-3-5-7(9)10;1-6(2)5-10-8(9)7(3)4/h3,5H,1,4H2,2H3,(H,9,10);6H,3,5H2,1-2,4H3. The number of allylic oxidation sites excluding steroid dienone is 1. The number of ether oxygens (including phenoxy) is 2. The van der Waals surface area contributed by atoms with Crippen molar-refractivity contribution in [1.82, 2.24) is 0 Å². The second-order valence-electron chi connectivity index (χ2n) is 4.81. The molecule has 0 aromatic rings. The van der Waals surface area contributed by atoms with Crippen molar-refractivity contribution < 1.29 is 29.0 Å². The molecule has 0 aliphatic rings. The minimum absolute atomic E-state index is 0.193. The lowest BCUT2D eigenvalue weighted by molar-refractivity contribution is -0.140. The fraction of sp³-hybridized carbons (Fsp3) is 0.438. The molecule has 0 amide bonds. The minimum atomic E-state index is -1.05. The third-order valence-electron chi connectivity index (χ3n) is 1.99. The Morgan fingerprint density at radius 1 is 1.18 bits per heavy atom. The van der Waals surface area contributed by atoms with Gasteiger partial charge < -0.3 is 14.6 Å². The normalized spacial score (nSPS) is 9.68. The van der Waals surface area contributed by atoms with E-state index in [2.05, 4.69) is 17.9 Å². The maximum absolute atomic E-state index is 10.7. The summed E-state index contributed by atoms with van der Waals surface area (Å²) in [5.41, 5.74) is 0.690. The highest BCUT2D eigenvalue weighted by Gasteiger charge is 2.03. The molecule has 0 atom stereocenters. The lowest BCUT2D eigenvalue weighted by atomic mass is 10.2. The molecule has 0 fully saturated rings. The number of rotatable bonds is 7. The molecule has 0 heterocycles. The van der Waals surface area contributed by atoms with Crippen LogP contribution in [-0.4, -0.2) is 36.7 Å². The van der Waals surface area contributed by atoms with Gasteiger partial charge in [0.25, 0.3) is 0 Å². The van der Waals surface area contributed by atoms with Crippen molar-refractivity contribution in [3.8, 4) is 0 Å². The molecular formula is C16H24O6. The van der Waals surface area contributed by atoms with Crippen LogP contribution >= 0.6 is 0 Å². The maximum atomic E-state index is 10.7. The molecule has 0 aliphatic heterocycles. The molecular weight excluding hydrogens is 288 g/mol. The lowest BCUT2D eigenvalue weighted by Gasteiger charge is -2.05. The van der Waals surface area contributed by atoms with E-state index in [-0.39, 0.29) is 18.0 Å². The van der Waals surface area contributed by atoms with Gasteiger partial charge in [-0.25, -0.2) is 14.4 Å². The summed E-state index contributed by atoms with van der Waals surface area (Å²) >= 11 is 0. The first-order valence-electron chi connectivity index (χ1n) is 6.60. The van der Waals surface area contributed by atoms with E-state index in [0.29, 0.717) is 18.1 Å². The van der Waals surface area contributed by atoms with Crippen LogP contribution in [0.3, 0.4) is 0 Å². The van der Waals surface area contributed by atoms with Gasteiger partial charge in [-0.3, -0.25) is 0 Å². The molecule has 0 aromatic carbocycles. The third-order valence-corrected chi connectivity index (χ3v) is 1.99. The Labute approximate surface area is 131 Å². The summed E-state index contributed by atoms with van der Waals surface area (Å²) in [5.74, 6) is -1.48. The van der Waals surface area contributed by atoms with E-state index in [1.807, 2.05) is 13.8 Å². The van der Waals surface area contributed by atoms with Gasteiger partial charge in [-0.05, 0) is 19.3 Å². The van der Waals surface area contributed by atoms with Crippen LogP contribution < -0.4 is 0 Å². The predicted molar refractivity (Wildman–Crippen MR) is 83.2 cm³/mol. The van der Waals surface area contributed by atoms with Crippen LogP contribution in [0.1, 0.15) is 27.2 Å². The maximum Gasteiger partial charge on any atom is 0.333 e. The molecule has 0 bridgehead atoms. The topological polar surface area (TPSA) is 89.9 Å². The van der Waals surface area contributed by atoms with Crippen LogP contribution in [0.4, 0.5) is 0 Å². The molecule has 6 heteroatoms. The van der Waals surface area contributed by atoms with Crippen molar-refractivity contribution in [2.75, 3.05) is 13.7 Å². The highest BCUT2D eigenvalue weighted by atomic mass is 16.5. The number of carbonyl (C=O) groups excluding carboxylic acids is 2. The van der Waals surface area contributed by atoms with Gasteiger partial charge in [0.1, 0.15) is 0 Å². The summed E-state index contributed by atoms with van der Waals surface area (Å²) in [6.45, 7) is 13.0. The third kappa shape index (κ3) is 14.0. The smallest absolute Gasteiger partial charge is 0.333 e. The van der Waals surface area contributed by atoms with E-state index in [4.69, 9.17) is 9.84 Å². The van der Waals surface area contributed by atoms with Gasteiger partial charge in [-0.15, -0.1) is 0 Å². The summed E-state index contributed by atoms with van der Waals surface area (Å²) in [4.78, 5) is 31.4. The van der Waals surface area contributed by atoms with Crippen LogP contribution in [0.5, 0.6) is 0 Å². The van der Waals surface area contributed by atoms with Crippen molar-refractivity contribution >= 4 is 17.9 Å². The number of hydrogen-bond donors (Lipinski definition) is 1. The van der Waals surface area contributed by atoms with Gasteiger partial charge in [0.15, 0.2) is 0 Å². The van der Waals surface area contributed by atoms with Crippen LogP contribution in [0.25, 0.3) is 0 Å². The zero-order chi connectivity index (χ0) is 17.7. The number of hydrogen-bond acceptors (Lipinski definition) is 5. The zero-order valence-electron chi connectivity index (χ0n) is 13.5. The van der Waals surface area contributed by atoms with Gasteiger partial charge >= 0.3 is 17.9 Å². The van der Waals surface area contributed by atoms with Gasteiger partial charge in [0.05, 0.1) is 13.7 Å². The summed E-state index contributed by atoms with van der Waals surface area (Å²) in [6.07, 6.45) is 2.48. The van der Waals surface area contributed by atoms with Crippen LogP contribution in [0.2, 0.25) is 0 Å². The number of methoxy groups -OCH3 is 1. The number of esters is 2. The Morgan fingerprint density at radius 3 is 2.09 bits per heavy atom. The first kappa shape index (κ1) is 21.9. The van der Waals surface area contributed by atoms with Gasteiger partial charge in [0.2, 0.25) is 0 Å². The van der Waals surface area contributed by atoms with Crippen molar-refractivity contribution in [2.45, 2.75) is 27.2 Å². The molecule has 0 saturated carbocycles. The summed E-state index contributed by atoms with van der Waals surface area (Å²) in [5, 5.41) is 8.19. The molecule has 22 heavy (non-hydrogen) atoms. The van der Waals surface area contributed by atoms with Crippen molar-refractivity contribution in [2.24, 2.45) is 5.92 Å². The zero-order valence-corrected chi connectivity index (χ0v) is 13.5. The van der Waals surface area contributed by atoms with Crippen molar-refractivity contribution in [1.29, 1.82) is 0 Å². The Hall–Kier alpha value is -2.37. The molecule has 6 nitrogen and oxygen atoms in total. The van der Waals surface area contributed by atoms with Gasteiger partial charge in [0, 0.05) is 17.2 Å². The molecule has 0 aromatic heterocycles. The first-order valence-corrected chi connectivity index (χ1v) is 6.60. The molecule has 0 unspecified atom stereocenters. The van der Waals surface area contributed by atoms with Crippen LogP contribution in [0, 0.1) is 5.92 Å². The quantitative estimate of drug-likeness (QED) is 0.574. The van der Waals surface area contributed by atoms with Gasteiger partial charge in [-0.1, -0.05) is 33.1 Å². The van der Waals surface area contributed by atoms with Crippen LogP contribution in [0.15, 0.2) is 36.5 Å². The molecule has 1 N–H and O–H groups in total. The molecule has 0 spiro atoms. The molecule has 0 rings (SSSR count). The van der Waals surface area contributed by atoms with Crippen molar-refractivity contribution in [3.63, 3.8) is 0 Å². The molecule has 0 saturated heterocycles. The molecule has 0 radical (unpaired) electrons. The Balaban J connectivity index is 0.